The van der Waals surface area contributed by atoms with Crippen molar-refractivity contribution in [2.75, 3.05) is 24.2 Å². The Morgan fingerprint density at radius 3 is 2.93 bits per heavy atom. The number of thiocarbonyl (C=S) groups is 1. The van der Waals surface area contributed by atoms with Gasteiger partial charge in [0, 0.05) is 43.0 Å². The van der Waals surface area contributed by atoms with Crippen molar-refractivity contribution >= 4 is 39.9 Å². The molecule has 0 radical (unpaired) electrons. The second-order valence-electron chi connectivity index (χ2n) is 7.67. The fourth-order valence-electron chi connectivity index (χ4n) is 4.18. The summed E-state index contributed by atoms with van der Waals surface area (Å²) in [7, 11) is 0. The van der Waals surface area contributed by atoms with Gasteiger partial charge in [-0.15, -0.1) is 0 Å². The molecule has 0 aliphatic carbocycles. The predicted octanol–water partition coefficient (Wildman–Crippen LogP) is 3.37. The number of rotatable bonds is 3. The zero-order chi connectivity index (χ0) is 20.5. The number of piperidine rings is 1. The molecule has 2 aromatic rings. The third-order valence-electron chi connectivity index (χ3n) is 5.54. The molecule has 0 spiro atoms. The third-order valence-corrected chi connectivity index (χ3v) is 7.06. The van der Waals surface area contributed by atoms with Gasteiger partial charge in [0.1, 0.15) is 10.1 Å². The molecule has 1 amide bonds. The summed E-state index contributed by atoms with van der Waals surface area (Å²) in [4.78, 5) is 26.6. The van der Waals surface area contributed by atoms with E-state index in [1.807, 2.05) is 23.6 Å². The summed E-state index contributed by atoms with van der Waals surface area (Å²) in [6, 6.07) is 9.78. The van der Waals surface area contributed by atoms with Gasteiger partial charge in [-0.05, 0) is 43.0 Å². The Hall–Kier alpha value is -2.19. The second kappa shape index (κ2) is 8.28. The highest BCUT2D eigenvalue weighted by Crippen LogP contribution is 2.36. The van der Waals surface area contributed by atoms with Gasteiger partial charge < -0.3 is 14.8 Å². The van der Waals surface area contributed by atoms with Crippen molar-refractivity contribution < 1.29 is 9.18 Å². The fraction of sp³-hybridized carbons (Fsp3) is 0.381. The van der Waals surface area contributed by atoms with Crippen LogP contribution in [-0.2, 0) is 11.3 Å². The number of amides is 1. The van der Waals surface area contributed by atoms with E-state index in [1.165, 1.54) is 23.9 Å². The number of carbonyl (C=O) groups excluding carboxylic acids is 1. The summed E-state index contributed by atoms with van der Waals surface area (Å²) in [5, 5.41) is 2.75. The number of nitrogens with one attached hydrogen (secondary N) is 1. The average Bonchev–Trinajstić information content (AvgIpc) is 2.69. The Balaban J connectivity index is 1.36. The molecule has 1 N–H and O–H groups in total. The molecule has 2 aliphatic rings. The number of carbonyl (C=O) groups is 1. The summed E-state index contributed by atoms with van der Waals surface area (Å²) >= 11 is 6.91. The van der Waals surface area contributed by atoms with Gasteiger partial charge in [-0.25, -0.2) is 4.39 Å². The molecule has 2 atom stereocenters. The Kier molecular flexibility index (Phi) is 5.74. The lowest BCUT2D eigenvalue weighted by Gasteiger charge is -2.43. The highest BCUT2D eigenvalue weighted by Gasteiger charge is 2.35. The molecule has 29 heavy (non-hydrogen) atoms. The van der Waals surface area contributed by atoms with Gasteiger partial charge in [-0.1, -0.05) is 36.1 Å². The van der Waals surface area contributed by atoms with Crippen LogP contribution in [0.4, 0.5) is 10.1 Å². The summed E-state index contributed by atoms with van der Waals surface area (Å²) in [5.41, 5.74) is 2.43. The van der Waals surface area contributed by atoms with E-state index < -0.39 is 0 Å². The van der Waals surface area contributed by atoms with Gasteiger partial charge in [0.15, 0.2) is 0 Å². The lowest BCUT2D eigenvalue weighted by Crippen LogP contribution is -2.48. The summed E-state index contributed by atoms with van der Waals surface area (Å²) in [5.74, 6) is 0.243. The van der Waals surface area contributed by atoms with Crippen LogP contribution in [0.3, 0.4) is 0 Å². The summed E-state index contributed by atoms with van der Waals surface area (Å²) < 4.78 is 16.0. The maximum atomic E-state index is 13.4. The number of pyridine rings is 1. The second-order valence-corrected chi connectivity index (χ2v) is 9.27. The van der Waals surface area contributed by atoms with Crippen molar-refractivity contribution in [1.82, 2.24) is 9.47 Å². The minimum atomic E-state index is -0.381. The largest absolute Gasteiger partial charge is 0.356 e. The van der Waals surface area contributed by atoms with Gasteiger partial charge in [0.25, 0.3) is 5.56 Å². The molecular formula is C21H22FN3O2S2. The van der Waals surface area contributed by atoms with E-state index in [1.54, 1.807) is 12.1 Å². The van der Waals surface area contributed by atoms with Crippen molar-refractivity contribution in [3.63, 3.8) is 0 Å². The molecule has 1 saturated heterocycles. The molecule has 0 saturated carbocycles. The van der Waals surface area contributed by atoms with Crippen LogP contribution in [0.2, 0.25) is 0 Å². The first-order chi connectivity index (χ1) is 13.9. The number of fused-ring (bicyclic) bond motifs is 4. The van der Waals surface area contributed by atoms with E-state index in [2.05, 4.69) is 10.2 Å². The van der Waals surface area contributed by atoms with E-state index >= 15 is 0 Å². The van der Waals surface area contributed by atoms with E-state index in [0.29, 0.717) is 22.5 Å². The zero-order valence-electron chi connectivity index (χ0n) is 16.1. The molecular weight excluding hydrogens is 409 g/mol. The van der Waals surface area contributed by atoms with E-state index in [4.69, 9.17) is 12.2 Å². The number of thioether (sulfide) groups is 1. The molecule has 2 bridgehead atoms. The van der Waals surface area contributed by atoms with Crippen LogP contribution in [0, 0.1) is 18.7 Å². The number of anilines is 1. The monoisotopic (exact) mass is 431 g/mol. The first kappa shape index (κ1) is 20.1. The molecule has 2 aliphatic heterocycles. The predicted molar refractivity (Wildman–Crippen MR) is 118 cm³/mol. The standard InChI is InChI=1S/C21H22FN3O2S2/c1-13-5-6-16(22)8-17(13)23-19(26)12-29-21(28)24-9-14-7-15(11-24)18-3-2-4-20(27)25(18)10-14/h2-6,8,14-15H,7,9-12H2,1H3,(H,23,26)/t14-,15+/m0/s1. The van der Waals surface area contributed by atoms with Crippen LogP contribution in [0.25, 0.3) is 0 Å². The van der Waals surface area contributed by atoms with Crippen molar-refractivity contribution in [2.45, 2.75) is 25.8 Å². The van der Waals surface area contributed by atoms with Gasteiger partial charge in [-0.3, -0.25) is 9.59 Å². The Morgan fingerprint density at radius 2 is 2.10 bits per heavy atom. The zero-order valence-corrected chi connectivity index (χ0v) is 17.7. The number of nitrogens with zero attached hydrogens (tertiary/aromatic N) is 2. The maximum Gasteiger partial charge on any atom is 0.250 e. The van der Waals surface area contributed by atoms with Crippen molar-refractivity contribution in [1.29, 1.82) is 0 Å². The highest BCUT2D eigenvalue weighted by molar-refractivity contribution is 8.23. The van der Waals surface area contributed by atoms with Crippen LogP contribution in [0.15, 0.2) is 41.2 Å². The number of aryl methyl sites for hydroxylation is 1. The molecule has 8 heteroatoms. The number of hydrogen-bond acceptors (Lipinski definition) is 4. The minimum Gasteiger partial charge on any atom is -0.356 e. The van der Waals surface area contributed by atoms with Crippen LogP contribution < -0.4 is 10.9 Å². The molecule has 4 rings (SSSR count). The van der Waals surface area contributed by atoms with E-state index in [0.717, 1.165) is 30.8 Å². The molecule has 0 unspecified atom stereocenters. The van der Waals surface area contributed by atoms with Crippen LogP contribution in [0.1, 0.15) is 23.6 Å². The van der Waals surface area contributed by atoms with Gasteiger partial charge in [-0.2, -0.15) is 0 Å². The molecule has 1 aromatic heterocycles. The van der Waals surface area contributed by atoms with E-state index in [-0.39, 0.29) is 29.0 Å². The van der Waals surface area contributed by atoms with E-state index in [9.17, 15) is 14.0 Å². The molecule has 152 valence electrons. The highest BCUT2D eigenvalue weighted by atomic mass is 32.2. The summed E-state index contributed by atoms with van der Waals surface area (Å²) in [6.07, 6.45) is 1.06. The van der Waals surface area contributed by atoms with Crippen LogP contribution >= 0.6 is 24.0 Å². The average molecular weight is 432 g/mol. The number of hydrogen-bond donors (Lipinski definition) is 1. The fourth-order valence-corrected chi connectivity index (χ4v) is 5.16. The Bertz CT molecular complexity index is 1020. The summed E-state index contributed by atoms with van der Waals surface area (Å²) in [6.45, 7) is 4.10. The van der Waals surface area contributed by atoms with Crippen molar-refractivity contribution in [3.8, 4) is 0 Å². The minimum absolute atomic E-state index is 0.0620. The maximum absolute atomic E-state index is 13.4. The number of likely N-dealkylation sites (tertiary alicyclic amines) is 1. The Morgan fingerprint density at radius 1 is 1.28 bits per heavy atom. The lowest BCUT2D eigenvalue weighted by atomic mass is 9.83. The molecule has 1 aromatic carbocycles. The van der Waals surface area contributed by atoms with Gasteiger partial charge in [0.05, 0.1) is 5.75 Å². The Labute approximate surface area is 178 Å². The van der Waals surface area contributed by atoms with Gasteiger partial charge in [0.2, 0.25) is 5.91 Å². The smallest absolute Gasteiger partial charge is 0.250 e. The van der Waals surface area contributed by atoms with Crippen LogP contribution in [0.5, 0.6) is 0 Å². The third kappa shape index (κ3) is 4.38. The number of halogens is 1. The molecule has 3 heterocycles. The number of benzene rings is 1. The quantitative estimate of drug-likeness (QED) is 0.756. The first-order valence-corrected chi connectivity index (χ1v) is 11.0. The molecule has 5 nitrogen and oxygen atoms in total. The number of aromatic nitrogens is 1. The molecule has 1 fully saturated rings. The SMILES string of the molecule is Cc1ccc(F)cc1NC(=O)CSC(=S)N1C[C@@H]2C[C@H](C1)c1cccc(=O)n1C2. The first-order valence-electron chi connectivity index (χ1n) is 9.58. The normalized spacial score (nSPS) is 20.1. The van der Waals surface area contributed by atoms with Crippen LogP contribution in [-0.4, -0.2) is 38.5 Å². The van der Waals surface area contributed by atoms with Crippen molar-refractivity contribution in [3.05, 3.63) is 63.8 Å². The van der Waals surface area contributed by atoms with Crippen molar-refractivity contribution in [2.24, 2.45) is 5.92 Å². The lowest BCUT2D eigenvalue weighted by molar-refractivity contribution is -0.113. The van der Waals surface area contributed by atoms with Gasteiger partial charge >= 0.3 is 0 Å². The topological polar surface area (TPSA) is 54.3 Å².